The van der Waals surface area contributed by atoms with Crippen LogP contribution < -0.4 is 16.0 Å². The molecule has 0 fully saturated rings. The molecule has 1 unspecified atom stereocenters. The second-order valence-electron chi connectivity index (χ2n) is 4.21. The van der Waals surface area contributed by atoms with Crippen molar-refractivity contribution in [2.75, 3.05) is 24.2 Å². The highest BCUT2D eigenvalue weighted by Gasteiger charge is 2.11. The maximum Gasteiger partial charge on any atom is 0.228 e. The predicted octanol–water partition coefficient (Wildman–Crippen LogP) is 1.86. The Kier molecular flexibility index (Phi) is 7.79. The highest BCUT2D eigenvalue weighted by Crippen LogP contribution is 2.15. The van der Waals surface area contributed by atoms with Crippen molar-refractivity contribution >= 4 is 35.6 Å². The molecule has 0 aliphatic rings. The van der Waals surface area contributed by atoms with Crippen molar-refractivity contribution in [3.63, 3.8) is 0 Å². The topological polar surface area (TPSA) is 70.2 Å². The van der Waals surface area contributed by atoms with Crippen molar-refractivity contribution in [2.24, 2.45) is 5.92 Å². The largest absolute Gasteiger partial charge is 0.326 e. The Morgan fingerprint density at radius 3 is 2.32 bits per heavy atom. The fourth-order valence-corrected chi connectivity index (χ4v) is 1.54. The van der Waals surface area contributed by atoms with E-state index in [2.05, 4.69) is 16.0 Å². The minimum Gasteiger partial charge on any atom is -0.326 e. The first kappa shape index (κ1) is 17.4. The average Bonchev–Trinajstić information content (AvgIpc) is 2.28. The molecule has 0 aliphatic heterocycles. The van der Waals surface area contributed by atoms with Gasteiger partial charge in [-0.05, 0) is 25.2 Å². The van der Waals surface area contributed by atoms with E-state index in [1.54, 1.807) is 31.3 Å². The number of hydrogen-bond acceptors (Lipinski definition) is 3. The summed E-state index contributed by atoms with van der Waals surface area (Å²) in [6.07, 6.45) is 0. The lowest BCUT2D eigenvalue weighted by molar-refractivity contribution is -0.119. The van der Waals surface area contributed by atoms with Gasteiger partial charge in [-0.15, -0.1) is 12.4 Å². The number of rotatable bonds is 5. The van der Waals surface area contributed by atoms with E-state index in [1.165, 1.54) is 6.92 Å². The van der Waals surface area contributed by atoms with Crippen LogP contribution in [0.3, 0.4) is 0 Å². The van der Waals surface area contributed by atoms with Crippen LogP contribution in [0.15, 0.2) is 24.3 Å². The molecule has 0 aliphatic carbocycles. The van der Waals surface area contributed by atoms with E-state index in [4.69, 9.17) is 0 Å². The van der Waals surface area contributed by atoms with Gasteiger partial charge in [-0.2, -0.15) is 0 Å². The van der Waals surface area contributed by atoms with Gasteiger partial charge in [0.25, 0.3) is 0 Å². The second-order valence-corrected chi connectivity index (χ2v) is 4.21. The Morgan fingerprint density at radius 1 is 1.21 bits per heavy atom. The van der Waals surface area contributed by atoms with Crippen LogP contribution in [0, 0.1) is 5.92 Å². The van der Waals surface area contributed by atoms with Crippen molar-refractivity contribution in [1.82, 2.24) is 5.32 Å². The maximum atomic E-state index is 11.8. The van der Waals surface area contributed by atoms with Crippen LogP contribution >= 0.6 is 12.4 Å². The number of benzene rings is 1. The molecule has 0 bridgehead atoms. The van der Waals surface area contributed by atoms with Crippen molar-refractivity contribution in [1.29, 1.82) is 0 Å². The summed E-state index contributed by atoms with van der Waals surface area (Å²) >= 11 is 0. The van der Waals surface area contributed by atoms with Gasteiger partial charge >= 0.3 is 0 Å². The molecule has 19 heavy (non-hydrogen) atoms. The molecule has 1 atom stereocenters. The van der Waals surface area contributed by atoms with Crippen LogP contribution in [0.4, 0.5) is 11.4 Å². The molecule has 3 N–H and O–H groups in total. The minimum absolute atomic E-state index is 0. The third-order valence-corrected chi connectivity index (χ3v) is 2.41. The summed E-state index contributed by atoms with van der Waals surface area (Å²) < 4.78 is 0. The Balaban J connectivity index is 0.00000324. The van der Waals surface area contributed by atoms with Gasteiger partial charge in [0.05, 0.1) is 0 Å². The molecule has 0 heterocycles. The fraction of sp³-hybridized carbons (Fsp3) is 0.385. The lowest BCUT2D eigenvalue weighted by atomic mass is 10.1. The summed E-state index contributed by atoms with van der Waals surface area (Å²) in [6.45, 7) is 3.92. The van der Waals surface area contributed by atoms with E-state index in [-0.39, 0.29) is 30.1 Å². The summed E-state index contributed by atoms with van der Waals surface area (Å²) in [5.74, 6) is -0.300. The molecular weight excluding hydrogens is 266 g/mol. The first-order chi connectivity index (χ1) is 8.52. The third-order valence-electron chi connectivity index (χ3n) is 2.41. The van der Waals surface area contributed by atoms with E-state index in [0.717, 1.165) is 0 Å². The molecule has 5 nitrogen and oxygen atoms in total. The van der Waals surface area contributed by atoms with Crippen molar-refractivity contribution in [3.8, 4) is 0 Å². The number of hydrogen-bond donors (Lipinski definition) is 3. The third kappa shape index (κ3) is 6.22. The zero-order valence-electron chi connectivity index (χ0n) is 11.3. The van der Waals surface area contributed by atoms with E-state index in [0.29, 0.717) is 17.9 Å². The van der Waals surface area contributed by atoms with Gasteiger partial charge < -0.3 is 16.0 Å². The minimum atomic E-state index is -0.137. The highest BCUT2D eigenvalue weighted by atomic mass is 35.5. The number of carbonyl (C=O) groups is 2. The highest BCUT2D eigenvalue weighted by molar-refractivity contribution is 5.94. The van der Waals surface area contributed by atoms with Crippen LogP contribution in [0.1, 0.15) is 13.8 Å². The lowest BCUT2D eigenvalue weighted by Crippen LogP contribution is -2.28. The summed E-state index contributed by atoms with van der Waals surface area (Å²) in [5, 5.41) is 8.43. The summed E-state index contributed by atoms with van der Waals surface area (Å²) in [7, 11) is 1.81. The molecule has 0 saturated heterocycles. The molecular formula is C13H20ClN3O2. The van der Waals surface area contributed by atoms with Crippen LogP contribution in [0.5, 0.6) is 0 Å². The number of nitrogens with one attached hydrogen (secondary N) is 3. The van der Waals surface area contributed by atoms with Crippen molar-refractivity contribution in [3.05, 3.63) is 24.3 Å². The van der Waals surface area contributed by atoms with Gasteiger partial charge in [0.2, 0.25) is 11.8 Å². The van der Waals surface area contributed by atoms with Crippen LogP contribution in [0.2, 0.25) is 0 Å². The number of anilines is 2. The quantitative estimate of drug-likeness (QED) is 0.773. The molecule has 0 radical (unpaired) electrons. The molecule has 2 amide bonds. The van der Waals surface area contributed by atoms with Gasteiger partial charge in [0.15, 0.2) is 0 Å². The summed E-state index contributed by atoms with van der Waals surface area (Å²) in [4.78, 5) is 22.7. The first-order valence-corrected chi connectivity index (χ1v) is 5.86. The maximum absolute atomic E-state index is 11.8. The van der Waals surface area contributed by atoms with Crippen LogP contribution in [-0.4, -0.2) is 25.4 Å². The van der Waals surface area contributed by atoms with Crippen LogP contribution in [-0.2, 0) is 9.59 Å². The van der Waals surface area contributed by atoms with Gasteiger partial charge in [0.1, 0.15) is 0 Å². The van der Waals surface area contributed by atoms with E-state index in [9.17, 15) is 9.59 Å². The monoisotopic (exact) mass is 285 g/mol. The zero-order chi connectivity index (χ0) is 13.5. The second kappa shape index (κ2) is 8.50. The first-order valence-electron chi connectivity index (χ1n) is 5.86. The zero-order valence-corrected chi connectivity index (χ0v) is 12.1. The summed E-state index contributed by atoms with van der Waals surface area (Å²) in [5.41, 5.74) is 1.34. The Morgan fingerprint density at radius 2 is 1.79 bits per heavy atom. The Labute approximate surface area is 119 Å². The molecule has 106 valence electrons. The molecule has 1 aromatic rings. The smallest absolute Gasteiger partial charge is 0.228 e. The normalized spacial score (nSPS) is 11.1. The molecule has 0 aromatic heterocycles. The van der Waals surface area contributed by atoms with Gasteiger partial charge in [-0.3, -0.25) is 9.59 Å². The van der Waals surface area contributed by atoms with E-state index in [1.807, 2.05) is 6.92 Å². The van der Waals surface area contributed by atoms with Gasteiger partial charge in [0, 0.05) is 30.8 Å². The Bertz CT molecular complexity index is 438. The predicted molar refractivity (Wildman–Crippen MR) is 79.7 cm³/mol. The Hall–Kier alpha value is -1.59. The van der Waals surface area contributed by atoms with Crippen LogP contribution in [0.25, 0.3) is 0 Å². The van der Waals surface area contributed by atoms with Gasteiger partial charge in [-0.25, -0.2) is 0 Å². The van der Waals surface area contributed by atoms with E-state index >= 15 is 0 Å². The van der Waals surface area contributed by atoms with Gasteiger partial charge in [-0.1, -0.05) is 13.0 Å². The van der Waals surface area contributed by atoms with E-state index < -0.39 is 0 Å². The SMILES string of the molecule is CNCC(C)C(=O)Nc1cccc(NC(C)=O)c1.Cl. The molecule has 0 saturated carbocycles. The molecule has 0 spiro atoms. The lowest BCUT2D eigenvalue weighted by Gasteiger charge is -2.12. The summed E-state index contributed by atoms with van der Waals surface area (Å²) in [6, 6.07) is 7.07. The fourth-order valence-electron chi connectivity index (χ4n) is 1.54. The molecule has 1 rings (SSSR count). The molecule has 6 heteroatoms. The van der Waals surface area contributed by atoms with Crippen molar-refractivity contribution in [2.45, 2.75) is 13.8 Å². The number of amides is 2. The standard InChI is InChI=1S/C13H19N3O2.ClH/c1-9(8-14-3)13(18)16-12-6-4-5-11(7-12)15-10(2)17;/h4-7,9,14H,8H2,1-3H3,(H,15,17)(H,16,18);1H. The average molecular weight is 286 g/mol. The number of halogens is 1. The molecule has 1 aromatic carbocycles. The van der Waals surface area contributed by atoms with Crippen molar-refractivity contribution < 1.29 is 9.59 Å². The number of carbonyl (C=O) groups excluding carboxylic acids is 2.